The zero-order valence-corrected chi connectivity index (χ0v) is 16.3. The lowest BCUT2D eigenvalue weighted by Gasteiger charge is -2.17. The molecule has 0 spiro atoms. The molecule has 0 saturated heterocycles. The summed E-state index contributed by atoms with van der Waals surface area (Å²) < 4.78 is 4.84. The van der Waals surface area contributed by atoms with E-state index in [1.807, 2.05) is 42.8 Å². The third-order valence-electron chi connectivity index (χ3n) is 4.13. The lowest BCUT2D eigenvalue weighted by Crippen LogP contribution is -2.18. The van der Waals surface area contributed by atoms with Crippen molar-refractivity contribution >= 4 is 23.3 Å². The molecule has 0 radical (unpaired) electrons. The molecule has 1 aliphatic rings. The summed E-state index contributed by atoms with van der Waals surface area (Å²) in [7, 11) is 1.35. The lowest BCUT2D eigenvalue weighted by atomic mass is 10.1. The number of methoxy groups -OCH3 is 1. The third kappa shape index (κ3) is 5.41. The van der Waals surface area contributed by atoms with Gasteiger partial charge in [0.2, 0.25) is 0 Å². The molecule has 5 nitrogen and oxygen atoms in total. The summed E-state index contributed by atoms with van der Waals surface area (Å²) in [5.41, 5.74) is 4.17. The van der Waals surface area contributed by atoms with Gasteiger partial charge in [0, 0.05) is 24.3 Å². The Morgan fingerprint density at radius 1 is 1.25 bits per heavy atom. The number of halogens is 1. The Hall–Kier alpha value is -3.18. The first-order valence-corrected chi connectivity index (χ1v) is 9.26. The van der Waals surface area contributed by atoms with Gasteiger partial charge in [-0.2, -0.15) is 0 Å². The van der Waals surface area contributed by atoms with E-state index in [1.54, 1.807) is 18.2 Å². The van der Waals surface area contributed by atoms with Gasteiger partial charge >= 0.3 is 5.97 Å². The first-order chi connectivity index (χ1) is 13.7. The van der Waals surface area contributed by atoms with E-state index in [1.165, 1.54) is 12.7 Å². The Morgan fingerprint density at radius 3 is 2.86 bits per heavy atom. The second-order valence-electron chi connectivity index (χ2n) is 6.21. The van der Waals surface area contributed by atoms with Gasteiger partial charge in [0.1, 0.15) is 0 Å². The Bertz CT molecular complexity index is 921. The molecular formula is C22H22ClN3O2. The zero-order valence-electron chi connectivity index (χ0n) is 15.5. The van der Waals surface area contributed by atoms with Gasteiger partial charge < -0.3 is 20.7 Å². The highest BCUT2D eigenvalue weighted by molar-refractivity contribution is 6.31. The first kappa shape index (κ1) is 19.6. The quantitative estimate of drug-likeness (QED) is 0.613. The summed E-state index contributed by atoms with van der Waals surface area (Å²) in [6, 6.07) is 15.3. The molecule has 0 amide bonds. The van der Waals surface area contributed by atoms with Crippen LogP contribution in [0.5, 0.6) is 0 Å². The smallest absolute Gasteiger partial charge is 0.340 e. The van der Waals surface area contributed by atoms with Gasteiger partial charge in [-0.25, -0.2) is 4.79 Å². The number of allylic oxidation sites excluding steroid dienone is 1. The van der Waals surface area contributed by atoms with Crippen LogP contribution < -0.4 is 16.0 Å². The SMILES string of the molecule is COC(=O)c1cc(Cl)ccc1NC1=CNCC(/C=C\NCc2ccccc2)=C1. The summed E-state index contributed by atoms with van der Waals surface area (Å²) in [6.45, 7) is 1.49. The van der Waals surface area contributed by atoms with Crippen LogP contribution >= 0.6 is 11.6 Å². The van der Waals surface area contributed by atoms with Crippen LogP contribution in [0.4, 0.5) is 5.69 Å². The molecule has 0 fully saturated rings. The van der Waals surface area contributed by atoms with Crippen molar-refractivity contribution in [1.82, 2.24) is 10.6 Å². The number of ether oxygens (including phenoxy) is 1. The maximum absolute atomic E-state index is 12.0. The van der Waals surface area contributed by atoms with Crippen LogP contribution in [0.25, 0.3) is 0 Å². The fourth-order valence-corrected chi connectivity index (χ4v) is 2.92. The van der Waals surface area contributed by atoms with Crippen molar-refractivity contribution in [3.05, 3.63) is 101 Å². The summed E-state index contributed by atoms with van der Waals surface area (Å²) >= 11 is 6.01. The number of rotatable bonds is 7. The number of hydrogen-bond donors (Lipinski definition) is 3. The van der Waals surface area contributed by atoms with Crippen LogP contribution in [-0.2, 0) is 11.3 Å². The molecule has 0 atom stereocenters. The molecule has 0 aliphatic carbocycles. The second kappa shape index (κ2) is 9.67. The minimum absolute atomic E-state index is 0.386. The number of hydrogen-bond acceptors (Lipinski definition) is 5. The Kier molecular flexibility index (Phi) is 6.76. The molecule has 144 valence electrons. The van der Waals surface area contributed by atoms with Crippen molar-refractivity contribution in [2.24, 2.45) is 0 Å². The average molecular weight is 396 g/mol. The highest BCUT2D eigenvalue weighted by Gasteiger charge is 2.14. The lowest BCUT2D eigenvalue weighted by molar-refractivity contribution is 0.0602. The van der Waals surface area contributed by atoms with E-state index in [2.05, 4.69) is 28.1 Å². The summed E-state index contributed by atoms with van der Waals surface area (Å²) in [6.07, 6.45) is 7.84. The monoisotopic (exact) mass is 395 g/mol. The number of carbonyl (C=O) groups excluding carboxylic acids is 1. The maximum atomic E-state index is 12.0. The van der Waals surface area contributed by atoms with Crippen molar-refractivity contribution in [2.75, 3.05) is 19.0 Å². The van der Waals surface area contributed by atoms with Crippen LogP contribution in [0.2, 0.25) is 5.02 Å². The fourth-order valence-electron chi connectivity index (χ4n) is 2.75. The number of nitrogens with one attached hydrogen (secondary N) is 3. The molecule has 0 unspecified atom stereocenters. The summed E-state index contributed by atoms with van der Waals surface area (Å²) in [5, 5.41) is 10.2. The zero-order chi connectivity index (χ0) is 19.8. The van der Waals surface area contributed by atoms with Gasteiger partial charge in [0.25, 0.3) is 0 Å². The molecule has 3 rings (SSSR count). The van der Waals surface area contributed by atoms with Crippen molar-refractivity contribution in [1.29, 1.82) is 0 Å². The van der Waals surface area contributed by atoms with Crippen molar-refractivity contribution in [3.8, 4) is 0 Å². The van der Waals surface area contributed by atoms with Crippen molar-refractivity contribution < 1.29 is 9.53 Å². The van der Waals surface area contributed by atoms with E-state index >= 15 is 0 Å². The summed E-state index contributed by atoms with van der Waals surface area (Å²) in [5.74, 6) is -0.441. The topological polar surface area (TPSA) is 62.4 Å². The van der Waals surface area contributed by atoms with Gasteiger partial charge in [-0.15, -0.1) is 0 Å². The van der Waals surface area contributed by atoms with Gasteiger partial charge in [-0.05, 0) is 47.7 Å². The number of anilines is 1. The summed E-state index contributed by atoms with van der Waals surface area (Å²) in [4.78, 5) is 12.0. The third-order valence-corrected chi connectivity index (χ3v) is 4.37. The second-order valence-corrected chi connectivity index (χ2v) is 6.64. The minimum Gasteiger partial charge on any atom is -0.465 e. The number of benzene rings is 2. The van der Waals surface area contributed by atoms with Gasteiger partial charge in [0.15, 0.2) is 0 Å². The Morgan fingerprint density at radius 2 is 2.07 bits per heavy atom. The standard InChI is InChI=1S/C22H22ClN3O2/c1-28-22(27)20-12-18(23)7-8-21(20)26-19-11-17(14-25-15-19)9-10-24-13-16-5-3-2-4-6-16/h2-12,15,24-26H,13-14H2,1H3/b10-9-. The van der Waals surface area contributed by atoms with Crippen LogP contribution in [0.15, 0.2) is 84.4 Å². The molecule has 3 N–H and O–H groups in total. The molecule has 1 aliphatic heterocycles. The predicted octanol–water partition coefficient (Wildman–Crippen LogP) is 4.21. The van der Waals surface area contributed by atoms with E-state index in [9.17, 15) is 4.79 Å². The van der Waals surface area contributed by atoms with Crippen LogP contribution in [-0.4, -0.2) is 19.6 Å². The molecule has 2 aromatic carbocycles. The first-order valence-electron chi connectivity index (χ1n) is 8.88. The Balaban J connectivity index is 1.64. The van der Waals surface area contributed by atoms with E-state index in [4.69, 9.17) is 16.3 Å². The minimum atomic E-state index is -0.441. The molecule has 0 aromatic heterocycles. The number of esters is 1. The molecule has 2 aromatic rings. The van der Waals surface area contributed by atoms with Crippen LogP contribution in [0.3, 0.4) is 0 Å². The van der Waals surface area contributed by atoms with E-state index in [0.29, 0.717) is 16.3 Å². The molecule has 0 bridgehead atoms. The van der Waals surface area contributed by atoms with Gasteiger partial charge in [-0.1, -0.05) is 41.9 Å². The highest BCUT2D eigenvalue weighted by Crippen LogP contribution is 2.24. The van der Waals surface area contributed by atoms with E-state index in [0.717, 1.165) is 24.4 Å². The number of dihydropyridines is 1. The molecule has 0 saturated carbocycles. The number of carbonyl (C=O) groups is 1. The van der Waals surface area contributed by atoms with Gasteiger partial charge in [0.05, 0.1) is 24.1 Å². The average Bonchev–Trinajstić information content (AvgIpc) is 2.73. The Labute approximate surface area is 169 Å². The fraction of sp³-hybridized carbons (Fsp3) is 0.136. The molecule has 28 heavy (non-hydrogen) atoms. The van der Waals surface area contributed by atoms with Crippen LogP contribution in [0, 0.1) is 0 Å². The maximum Gasteiger partial charge on any atom is 0.340 e. The van der Waals surface area contributed by atoms with Gasteiger partial charge in [-0.3, -0.25) is 0 Å². The normalized spacial score (nSPS) is 13.4. The van der Waals surface area contributed by atoms with E-state index < -0.39 is 5.97 Å². The van der Waals surface area contributed by atoms with Crippen molar-refractivity contribution in [2.45, 2.75) is 6.54 Å². The van der Waals surface area contributed by atoms with Crippen LogP contribution in [0.1, 0.15) is 15.9 Å². The molecule has 6 heteroatoms. The predicted molar refractivity (Wildman–Crippen MR) is 113 cm³/mol. The molecule has 1 heterocycles. The van der Waals surface area contributed by atoms with E-state index in [-0.39, 0.29) is 0 Å². The van der Waals surface area contributed by atoms with Crippen molar-refractivity contribution in [3.63, 3.8) is 0 Å². The molecular weight excluding hydrogens is 374 g/mol. The largest absolute Gasteiger partial charge is 0.465 e. The highest BCUT2D eigenvalue weighted by atomic mass is 35.5.